The zero-order valence-corrected chi connectivity index (χ0v) is 9.37. The number of hydrogen-bond donors (Lipinski definition) is 2. The Morgan fingerprint density at radius 2 is 2.36 bits per heavy atom. The van der Waals surface area contributed by atoms with E-state index in [0.29, 0.717) is 16.1 Å². The molecular weight excluding hydrogens is 250 g/mol. The van der Waals surface area contributed by atoms with Crippen molar-refractivity contribution >= 4 is 27.7 Å². The first kappa shape index (κ1) is 10.9. The molecule has 1 rings (SSSR count). The van der Waals surface area contributed by atoms with Gasteiger partial charge in [-0.2, -0.15) is 0 Å². The van der Waals surface area contributed by atoms with Crippen LogP contribution in [-0.4, -0.2) is 27.1 Å². The maximum absolute atomic E-state index is 10.6. The first-order valence-corrected chi connectivity index (χ1v) is 4.78. The second-order valence-corrected chi connectivity index (χ2v) is 3.67. The van der Waals surface area contributed by atoms with Crippen molar-refractivity contribution in [1.82, 2.24) is 9.97 Å². The van der Waals surface area contributed by atoms with Gasteiger partial charge in [-0.05, 0) is 29.8 Å². The Balaban J connectivity index is 2.85. The van der Waals surface area contributed by atoms with E-state index in [2.05, 4.69) is 31.2 Å². The lowest BCUT2D eigenvalue weighted by molar-refractivity contribution is -0.137. The summed E-state index contributed by atoms with van der Waals surface area (Å²) in [5.74, 6) is 0.161. The number of carbonyl (C=O) groups is 1. The number of halogens is 1. The van der Waals surface area contributed by atoms with Crippen molar-refractivity contribution in [3.8, 4) is 0 Å². The zero-order chi connectivity index (χ0) is 10.7. The highest BCUT2D eigenvalue weighted by molar-refractivity contribution is 9.10. The van der Waals surface area contributed by atoms with Crippen molar-refractivity contribution in [2.45, 2.75) is 19.9 Å². The van der Waals surface area contributed by atoms with E-state index < -0.39 is 12.0 Å². The van der Waals surface area contributed by atoms with Gasteiger partial charge >= 0.3 is 5.97 Å². The molecule has 1 unspecified atom stereocenters. The van der Waals surface area contributed by atoms with Crippen LogP contribution in [0, 0.1) is 6.92 Å². The van der Waals surface area contributed by atoms with Gasteiger partial charge in [0.15, 0.2) is 0 Å². The first-order chi connectivity index (χ1) is 6.50. The molecule has 2 N–H and O–H groups in total. The summed E-state index contributed by atoms with van der Waals surface area (Å²) in [6.45, 7) is 3.29. The first-order valence-electron chi connectivity index (χ1n) is 3.99. The highest BCUT2D eigenvalue weighted by Crippen LogP contribution is 2.18. The van der Waals surface area contributed by atoms with Gasteiger partial charge in [-0.15, -0.1) is 0 Å². The number of nitrogens with zero attached hydrogens (tertiary/aromatic N) is 2. The molecule has 0 amide bonds. The SMILES string of the molecule is Cc1ncc(Br)c(NC(C)C(=O)O)n1. The highest BCUT2D eigenvalue weighted by atomic mass is 79.9. The molecule has 0 bridgehead atoms. The number of nitrogens with one attached hydrogen (secondary N) is 1. The van der Waals surface area contributed by atoms with Crippen molar-refractivity contribution in [3.63, 3.8) is 0 Å². The molecule has 6 heteroatoms. The van der Waals surface area contributed by atoms with Gasteiger partial charge in [0, 0.05) is 6.20 Å². The summed E-state index contributed by atoms with van der Waals surface area (Å²) in [5.41, 5.74) is 0. The van der Waals surface area contributed by atoms with Gasteiger partial charge in [-0.3, -0.25) is 4.79 Å². The lowest BCUT2D eigenvalue weighted by atomic mass is 10.3. The van der Waals surface area contributed by atoms with Crippen molar-refractivity contribution in [3.05, 3.63) is 16.5 Å². The predicted molar refractivity (Wildman–Crippen MR) is 55.2 cm³/mol. The normalized spacial score (nSPS) is 12.2. The summed E-state index contributed by atoms with van der Waals surface area (Å²) in [6, 6.07) is -0.680. The molecule has 0 aliphatic heterocycles. The van der Waals surface area contributed by atoms with E-state index in [-0.39, 0.29) is 0 Å². The molecule has 0 fully saturated rings. The van der Waals surface area contributed by atoms with Crippen molar-refractivity contribution in [1.29, 1.82) is 0 Å². The molecule has 1 aromatic rings. The Hall–Kier alpha value is -1.17. The summed E-state index contributed by atoms with van der Waals surface area (Å²) in [5, 5.41) is 11.4. The van der Waals surface area contributed by atoms with E-state index in [4.69, 9.17) is 5.11 Å². The number of carboxylic acid groups (broad SMARTS) is 1. The highest BCUT2D eigenvalue weighted by Gasteiger charge is 2.12. The Morgan fingerprint density at radius 1 is 1.71 bits per heavy atom. The lowest BCUT2D eigenvalue weighted by Crippen LogP contribution is -2.26. The number of rotatable bonds is 3. The largest absolute Gasteiger partial charge is 0.480 e. The van der Waals surface area contributed by atoms with Crippen LogP contribution < -0.4 is 5.32 Å². The molecular formula is C8H10BrN3O2. The molecule has 1 atom stereocenters. The molecule has 0 aliphatic carbocycles. The van der Waals surface area contributed by atoms with E-state index in [0.717, 1.165) is 0 Å². The molecule has 14 heavy (non-hydrogen) atoms. The molecule has 5 nitrogen and oxygen atoms in total. The van der Waals surface area contributed by atoms with Gasteiger partial charge in [0.05, 0.1) is 4.47 Å². The lowest BCUT2D eigenvalue weighted by Gasteiger charge is -2.11. The van der Waals surface area contributed by atoms with Crippen LogP contribution in [-0.2, 0) is 4.79 Å². The minimum Gasteiger partial charge on any atom is -0.480 e. The molecule has 0 aromatic carbocycles. The Labute approximate surface area is 89.7 Å². The molecule has 0 saturated carbocycles. The van der Waals surface area contributed by atoms with Gasteiger partial charge in [-0.1, -0.05) is 0 Å². The van der Waals surface area contributed by atoms with E-state index in [9.17, 15) is 4.79 Å². The number of aromatic nitrogens is 2. The van der Waals surface area contributed by atoms with Crippen LogP contribution in [0.15, 0.2) is 10.7 Å². The van der Waals surface area contributed by atoms with Crippen molar-refractivity contribution < 1.29 is 9.90 Å². The molecule has 0 saturated heterocycles. The fourth-order valence-electron chi connectivity index (χ4n) is 0.823. The molecule has 0 aliphatic rings. The Morgan fingerprint density at radius 3 is 2.93 bits per heavy atom. The van der Waals surface area contributed by atoms with Crippen LogP contribution in [0.3, 0.4) is 0 Å². The standard InChI is InChI=1S/C8H10BrN3O2/c1-4(8(13)14)11-7-6(9)3-10-5(2)12-7/h3-4H,1-2H3,(H,13,14)(H,10,11,12). The summed E-state index contributed by atoms with van der Waals surface area (Å²) in [7, 11) is 0. The fraction of sp³-hybridized carbons (Fsp3) is 0.375. The minimum absolute atomic E-state index is 0.493. The average molecular weight is 260 g/mol. The molecule has 0 spiro atoms. The molecule has 76 valence electrons. The van der Waals surface area contributed by atoms with Crippen LogP contribution in [0.25, 0.3) is 0 Å². The third-order valence-electron chi connectivity index (χ3n) is 1.59. The van der Waals surface area contributed by atoms with Crippen LogP contribution >= 0.6 is 15.9 Å². The summed E-state index contributed by atoms with van der Waals surface area (Å²) < 4.78 is 0.649. The number of aliphatic carboxylic acids is 1. The van der Waals surface area contributed by atoms with E-state index in [1.54, 1.807) is 20.0 Å². The average Bonchev–Trinajstić information content (AvgIpc) is 2.11. The predicted octanol–water partition coefficient (Wildman–Crippen LogP) is 1.43. The van der Waals surface area contributed by atoms with Crippen molar-refractivity contribution in [2.24, 2.45) is 0 Å². The van der Waals surface area contributed by atoms with E-state index >= 15 is 0 Å². The molecule has 1 aromatic heterocycles. The minimum atomic E-state index is -0.923. The topological polar surface area (TPSA) is 75.1 Å². The maximum atomic E-state index is 10.6. The van der Waals surface area contributed by atoms with Gasteiger partial charge < -0.3 is 10.4 Å². The van der Waals surface area contributed by atoms with Crippen LogP contribution in [0.4, 0.5) is 5.82 Å². The van der Waals surface area contributed by atoms with Gasteiger partial charge in [-0.25, -0.2) is 9.97 Å². The van der Waals surface area contributed by atoms with Crippen LogP contribution in [0.5, 0.6) is 0 Å². The Kier molecular flexibility index (Phi) is 3.40. The molecule has 1 heterocycles. The van der Waals surface area contributed by atoms with Crippen molar-refractivity contribution in [2.75, 3.05) is 5.32 Å². The quantitative estimate of drug-likeness (QED) is 0.859. The van der Waals surface area contributed by atoms with E-state index in [1.165, 1.54) is 0 Å². The third-order valence-corrected chi connectivity index (χ3v) is 2.17. The smallest absolute Gasteiger partial charge is 0.325 e. The van der Waals surface area contributed by atoms with Gasteiger partial charge in [0.2, 0.25) is 0 Å². The second-order valence-electron chi connectivity index (χ2n) is 2.82. The summed E-state index contributed by atoms with van der Waals surface area (Å²) >= 11 is 3.23. The van der Waals surface area contributed by atoms with Crippen LogP contribution in [0.1, 0.15) is 12.7 Å². The number of aryl methyl sites for hydroxylation is 1. The second kappa shape index (κ2) is 4.36. The zero-order valence-electron chi connectivity index (χ0n) is 7.78. The third kappa shape index (κ3) is 2.66. The fourth-order valence-corrected chi connectivity index (χ4v) is 1.13. The number of carboxylic acids is 1. The summed E-state index contributed by atoms with van der Waals surface area (Å²) in [4.78, 5) is 18.6. The molecule has 0 radical (unpaired) electrons. The summed E-state index contributed by atoms with van der Waals surface area (Å²) in [6.07, 6.45) is 1.58. The van der Waals surface area contributed by atoms with Crippen LogP contribution in [0.2, 0.25) is 0 Å². The number of anilines is 1. The van der Waals surface area contributed by atoms with Gasteiger partial charge in [0.1, 0.15) is 17.7 Å². The monoisotopic (exact) mass is 259 g/mol. The Bertz CT molecular complexity index is 356. The van der Waals surface area contributed by atoms with E-state index in [1.807, 2.05) is 0 Å². The number of hydrogen-bond acceptors (Lipinski definition) is 4. The maximum Gasteiger partial charge on any atom is 0.325 e. The van der Waals surface area contributed by atoms with Gasteiger partial charge in [0.25, 0.3) is 0 Å².